The van der Waals surface area contributed by atoms with E-state index in [1.807, 2.05) is 6.92 Å². The molecule has 0 aromatic carbocycles. The van der Waals surface area contributed by atoms with Crippen LogP contribution in [0.2, 0.25) is 0 Å². The fourth-order valence-corrected chi connectivity index (χ4v) is 0.492. The van der Waals surface area contributed by atoms with Gasteiger partial charge in [0.05, 0.1) is 0 Å². The molecule has 0 bridgehead atoms. The molecule has 58 valence electrons. The van der Waals surface area contributed by atoms with Crippen LogP contribution >= 0.6 is 0 Å². The van der Waals surface area contributed by atoms with E-state index in [1.165, 1.54) is 6.08 Å². The second-order valence-electron chi connectivity index (χ2n) is 2.37. The summed E-state index contributed by atoms with van der Waals surface area (Å²) in [7, 11) is 0. The van der Waals surface area contributed by atoms with Gasteiger partial charge in [-0.05, 0) is 31.9 Å². The maximum absolute atomic E-state index is 12.8. The Balaban J connectivity index is 4.33. The zero-order valence-electron chi connectivity index (χ0n) is 6.74. The molecule has 0 rings (SSSR count). The molecule has 0 aromatic heterocycles. The minimum absolute atomic E-state index is 0.206. The van der Waals surface area contributed by atoms with Crippen LogP contribution in [-0.2, 0) is 0 Å². The Hall–Kier alpha value is -0.790. The molecule has 0 aromatic rings. The van der Waals surface area contributed by atoms with E-state index in [1.54, 1.807) is 13.8 Å². The predicted octanol–water partition coefficient (Wildman–Crippen LogP) is 2.50. The summed E-state index contributed by atoms with van der Waals surface area (Å²) < 4.78 is 12.8. The van der Waals surface area contributed by atoms with Gasteiger partial charge in [-0.1, -0.05) is 6.92 Å². The van der Waals surface area contributed by atoms with Crippen LogP contribution in [0.1, 0.15) is 27.2 Å². The van der Waals surface area contributed by atoms with Gasteiger partial charge in [0, 0.05) is 5.70 Å². The number of rotatable bonds is 2. The topological polar surface area (TPSA) is 26.0 Å². The van der Waals surface area contributed by atoms with E-state index >= 15 is 0 Å². The number of allylic oxidation sites excluding steroid dienone is 4. The van der Waals surface area contributed by atoms with Gasteiger partial charge in [0.15, 0.2) is 0 Å². The number of hydrogen-bond donors (Lipinski definition) is 1. The van der Waals surface area contributed by atoms with Gasteiger partial charge in [0.2, 0.25) is 0 Å². The minimum Gasteiger partial charge on any atom is -0.402 e. The van der Waals surface area contributed by atoms with Gasteiger partial charge >= 0.3 is 0 Å². The average Bonchev–Trinajstić information content (AvgIpc) is 1.85. The molecule has 0 amide bonds. The van der Waals surface area contributed by atoms with Crippen molar-refractivity contribution in [2.45, 2.75) is 27.2 Å². The van der Waals surface area contributed by atoms with Crippen molar-refractivity contribution in [3.05, 3.63) is 23.2 Å². The van der Waals surface area contributed by atoms with Crippen molar-refractivity contribution in [2.75, 3.05) is 0 Å². The standard InChI is InChI=1S/C8H14FN/c1-4-6(2)8(9)5-7(3)10/h5H,4,10H2,1-3H3/b7-5+,8-6+. The van der Waals surface area contributed by atoms with Crippen molar-refractivity contribution in [1.82, 2.24) is 0 Å². The van der Waals surface area contributed by atoms with E-state index in [0.29, 0.717) is 5.70 Å². The maximum atomic E-state index is 12.8. The average molecular weight is 143 g/mol. The van der Waals surface area contributed by atoms with Gasteiger partial charge in [-0.3, -0.25) is 0 Å². The Morgan fingerprint density at radius 3 is 2.30 bits per heavy atom. The molecule has 1 nitrogen and oxygen atoms in total. The zero-order valence-corrected chi connectivity index (χ0v) is 6.74. The van der Waals surface area contributed by atoms with E-state index < -0.39 is 0 Å². The van der Waals surface area contributed by atoms with Crippen molar-refractivity contribution in [3.8, 4) is 0 Å². The molecule has 10 heavy (non-hydrogen) atoms. The molecular formula is C8H14FN. The van der Waals surface area contributed by atoms with E-state index in [-0.39, 0.29) is 5.83 Å². The lowest BCUT2D eigenvalue weighted by Crippen LogP contribution is -1.90. The summed E-state index contributed by atoms with van der Waals surface area (Å²) in [6.07, 6.45) is 2.08. The molecule has 0 spiro atoms. The number of nitrogens with two attached hydrogens (primary N) is 1. The zero-order chi connectivity index (χ0) is 8.15. The molecule has 2 N–H and O–H groups in total. The van der Waals surface area contributed by atoms with Crippen LogP contribution < -0.4 is 5.73 Å². The van der Waals surface area contributed by atoms with Gasteiger partial charge in [-0.25, -0.2) is 4.39 Å². The van der Waals surface area contributed by atoms with Gasteiger partial charge in [-0.2, -0.15) is 0 Å². The normalized spacial score (nSPS) is 15.0. The summed E-state index contributed by atoms with van der Waals surface area (Å²) in [5.41, 5.74) is 6.52. The molecule has 0 aliphatic carbocycles. The SMILES string of the molecule is CC/C(C)=C(F)\C=C(/C)N. The van der Waals surface area contributed by atoms with Gasteiger partial charge < -0.3 is 5.73 Å². The Labute approximate surface area is 61.4 Å². The molecule has 0 heterocycles. The van der Waals surface area contributed by atoms with Crippen LogP contribution in [0.25, 0.3) is 0 Å². The first kappa shape index (κ1) is 9.21. The van der Waals surface area contributed by atoms with E-state index in [9.17, 15) is 4.39 Å². The molecule has 0 unspecified atom stereocenters. The molecular weight excluding hydrogens is 129 g/mol. The quantitative estimate of drug-likeness (QED) is 0.590. The third kappa shape index (κ3) is 3.28. The van der Waals surface area contributed by atoms with Crippen LogP contribution in [-0.4, -0.2) is 0 Å². The maximum Gasteiger partial charge on any atom is 0.123 e. The molecule has 0 fully saturated rings. The number of halogens is 1. The third-order valence-corrected chi connectivity index (χ3v) is 1.29. The lowest BCUT2D eigenvalue weighted by molar-refractivity contribution is 0.646. The molecule has 0 atom stereocenters. The van der Waals surface area contributed by atoms with Crippen molar-refractivity contribution >= 4 is 0 Å². The largest absolute Gasteiger partial charge is 0.402 e. The molecule has 0 radical (unpaired) electrons. The van der Waals surface area contributed by atoms with Crippen molar-refractivity contribution in [1.29, 1.82) is 0 Å². The monoisotopic (exact) mass is 143 g/mol. The van der Waals surface area contributed by atoms with Gasteiger partial charge in [-0.15, -0.1) is 0 Å². The van der Waals surface area contributed by atoms with Crippen LogP contribution in [0.5, 0.6) is 0 Å². The Bertz CT molecular complexity index is 164. The van der Waals surface area contributed by atoms with Gasteiger partial charge in [0.1, 0.15) is 5.83 Å². The Morgan fingerprint density at radius 1 is 1.50 bits per heavy atom. The highest BCUT2D eigenvalue weighted by Gasteiger charge is 1.94. The highest BCUT2D eigenvalue weighted by Crippen LogP contribution is 2.10. The molecule has 2 heteroatoms. The highest BCUT2D eigenvalue weighted by molar-refractivity contribution is 5.20. The van der Waals surface area contributed by atoms with Crippen LogP contribution in [0.4, 0.5) is 4.39 Å². The molecule has 0 saturated carbocycles. The fraction of sp³-hybridized carbons (Fsp3) is 0.500. The van der Waals surface area contributed by atoms with E-state index in [4.69, 9.17) is 5.73 Å². The first-order valence-corrected chi connectivity index (χ1v) is 3.37. The smallest absolute Gasteiger partial charge is 0.123 e. The highest BCUT2D eigenvalue weighted by atomic mass is 19.1. The van der Waals surface area contributed by atoms with Crippen LogP contribution in [0, 0.1) is 0 Å². The van der Waals surface area contributed by atoms with Gasteiger partial charge in [0.25, 0.3) is 0 Å². The second kappa shape index (κ2) is 4.09. The van der Waals surface area contributed by atoms with Crippen molar-refractivity contribution < 1.29 is 4.39 Å². The second-order valence-corrected chi connectivity index (χ2v) is 2.37. The van der Waals surface area contributed by atoms with Crippen LogP contribution in [0.3, 0.4) is 0 Å². The van der Waals surface area contributed by atoms with E-state index in [2.05, 4.69) is 0 Å². The van der Waals surface area contributed by atoms with Crippen LogP contribution in [0.15, 0.2) is 23.2 Å². The first-order valence-electron chi connectivity index (χ1n) is 3.37. The minimum atomic E-state index is -0.206. The lowest BCUT2D eigenvalue weighted by Gasteiger charge is -1.95. The van der Waals surface area contributed by atoms with Crippen molar-refractivity contribution in [3.63, 3.8) is 0 Å². The van der Waals surface area contributed by atoms with E-state index in [0.717, 1.165) is 12.0 Å². The third-order valence-electron chi connectivity index (χ3n) is 1.29. The molecule has 0 aliphatic rings. The summed E-state index contributed by atoms with van der Waals surface area (Å²) in [5.74, 6) is -0.206. The molecule has 0 aliphatic heterocycles. The summed E-state index contributed by atoms with van der Waals surface area (Å²) in [6.45, 7) is 5.34. The predicted molar refractivity (Wildman–Crippen MR) is 42.0 cm³/mol. The van der Waals surface area contributed by atoms with Crippen molar-refractivity contribution in [2.24, 2.45) is 5.73 Å². The molecule has 0 saturated heterocycles. The first-order chi connectivity index (χ1) is 4.57. The summed E-state index contributed by atoms with van der Waals surface area (Å²) >= 11 is 0. The summed E-state index contributed by atoms with van der Waals surface area (Å²) in [6, 6.07) is 0. The Kier molecular flexibility index (Phi) is 3.77. The Morgan fingerprint density at radius 2 is 2.00 bits per heavy atom. The fourth-order valence-electron chi connectivity index (χ4n) is 0.492. The summed E-state index contributed by atoms with van der Waals surface area (Å²) in [5, 5.41) is 0. The number of hydrogen-bond acceptors (Lipinski definition) is 1. The summed E-state index contributed by atoms with van der Waals surface area (Å²) in [4.78, 5) is 0. The lowest BCUT2D eigenvalue weighted by atomic mass is 10.2.